The average molecular weight is 404 g/mol. The molecule has 0 unspecified atom stereocenters. The molecule has 0 saturated carbocycles. The lowest BCUT2D eigenvalue weighted by Gasteiger charge is -2.21. The number of hydrogen-bond acceptors (Lipinski definition) is 3. The minimum absolute atomic E-state index is 0.328. The number of benzene rings is 1. The van der Waals surface area contributed by atoms with Crippen molar-refractivity contribution in [3.05, 3.63) is 51.0 Å². The lowest BCUT2D eigenvalue weighted by molar-refractivity contribution is -0.146. The molecule has 1 aliphatic rings. The van der Waals surface area contributed by atoms with Crippen LogP contribution in [0.4, 0.5) is 0 Å². The standard InChI is InChI=1S/C19H22BrN3O2/c1-12-8-9-13(15-7-5-4-6-14(12)15)11-23-16(21-22-18(23)20)10-19(2,3)17(24)25/h4,6,8-9H,5,7,10-11H2,1-3H3,(H,24,25). The van der Waals surface area contributed by atoms with Crippen molar-refractivity contribution < 1.29 is 9.90 Å². The van der Waals surface area contributed by atoms with Crippen molar-refractivity contribution in [3.8, 4) is 0 Å². The van der Waals surface area contributed by atoms with E-state index in [2.05, 4.69) is 57.3 Å². The van der Waals surface area contributed by atoms with Crippen molar-refractivity contribution in [3.63, 3.8) is 0 Å². The summed E-state index contributed by atoms with van der Waals surface area (Å²) in [6, 6.07) is 4.30. The lowest BCUT2D eigenvalue weighted by Crippen LogP contribution is -2.28. The molecule has 0 bridgehead atoms. The van der Waals surface area contributed by atoms with Crippen LogP contribution in [0.3, 0.4) is 0 Å². The number of fused-ring (bicyclic) bond motifs is 1. The normalized spacial score (nSPS) is 13.8. The van der Waals surface area contributed by atoms with Crippen LogP contribution in [0.15, 0.2) is 22.9 Å². The fourth-order valence-electron chi connectivity index (χ4n) is 3.17. The summed E-state index contributed by atoms with van der Waals surface area (Å²) < 4.78 is 2.60. The van der Waals surface area contributed by atoms with E-state index < -0.39 is 11.4 Å². The Morgan fingerprint density at radius 3 is 2.84 bits per heavy atom. The average Bonchev–Trinajstić information content (AvgIpc) is 2.90. The van der Waals surface area contributed by atoms with Crippen molar-refractivity contribution in [2.45, 2.75) is 46.6 Å². The highest BCUT2D eigenvalue weighted by atomic mass is 79.9. The van der Waals surface area contributed by atoms with Gasteiger partial charge >= 0.3 is 5.97 Å². The zero-order valence-electron chi connectivity index (χ0n) is 14.7. The predicted octanol–water partition coefficient (Wildman–Crippen LogP) is 4.01. The van der Waals surface area contributed by atoms with Crippen LogP contribution in [0.5, 0.6) is 0 Å². The van der Waals surface area contributed by atoms with E-state index in [-0.39, 0.29) is 0 Å². The van der Waals surface area contributed by atoms with Gasteiger partial charge < -0.3 is 9.67 Å². The van der Waals surface area contributed by atoms with Crippen molar-refractivity contribution in [1.29, 1.82) is 0 Å². The molecule has 2 aromatic rings. The highest BCUT2D eigenvalue weighted by Crippen LogP contribution is 2.29. The highest BCUT2D eigenvalue weighted by Gasteiger charge is 2.30. The summed E-state index contributed by atoms with van der Waals surface area (Å²) in [6.45, 7) is 6.18. The minimum atomic E-state index is -0.889. The SMILES string of the molecule is Cc1ccc(Cn2c(Br)nnc2CC(C)(C)C(=O)O)c2c1C=CCC2. The predicted molar refractivity (Wildman–Crippen MR) is 100 cm³/mol. The van der Waals surface area contributed by atoms with Crippen LogP contribution in [0, 0.1) is 12.3 Å². The summed E-state index contributed by atoms with van der Waals surface area (Å²) in [6.07, 6.45) is 6.82. The third kappa shape index (κ3) is 3.54. The van der Waals surface area contributed by atoms with Gasteiger partial charge in [0.05, 0.1) is 12.0 Å². The van der Waals surface area contributed by atoms with Crippen LogP contribution in [0.2, 0.25) is 0 Å². The van der Waals surface area contributed by atoms with Crippen molar-refractivity contribution in [2.75, 3.05) is 0 Å². The van der Waals surface area contributed by atoms with Gasteiger partial charge in [0, 0.05) is 6.42 Å². The van der Waals surface area contributed by atoms with Gasteiger partial charge in [-0.2, -0.15) is 0 Å². The van der Waals surface area contributed by atoms with Gasteiger partial charge in [0.2, 0.25) is 0 Å². The Hall–Kier alpha value is -1.95. The first-order chi connectivity index (χ1) is 11.8. The molecule has 5 nitrogen and oxygen atoms in total. The molecule has 25 heavy (non-hydrogen) atoms. The van der Waals surface area contributed by atoms with E-state index in [0.29, 0.717) is 23.5 Å². The molecular weight excluding hydrogens is 382 g/mol. The monoisotopic (exact) mass is 403 g/mol. The maximum Gasteiger partial charge on any atom is 0.309 e. The first-order valence-corrected chi connectivity index (χ1v) is 9.18. The third-order valence-corrected chi connectivity index (χ3v) is 5.39. The number of allylic oxidation sites excluding steroid dienone is 1. The van der Waals surface area contributed by atoms with Gasteiger partial charge in [-0.15, -0.1) is 10.2 Å². The number of hydrogen-bond donors (Lipinski definition) is 1. The summed E-state index contributed by atoms with van der Waals surface area (Å²) in [7, 11) is 0. The fourth-order valence-corrected chi connectivity index (χ4v) is 3.58. The first-order valence-electron chi connectivity index (χ1n) is 8.38. The number of carboxylic acids is 1. The van der Waals surface area contributed by atoms with E-state index in [1.165, 1.54) is 22.3 Å². The number of aryl methyl sites for hydroxylation is 1. The van der Waals surface area contributed by atoms with Gasteiger partial charge in [0.15, 0.2) is 4.73 Å². The van der Waals surface area contributed by atoms with Gasteiger partial charge in [-0.25, -0.2) is 0 Å². The van der Waals surface area contributed by atoms with Gasteiger partial charge in [-0.05, 0) is 71.8 Å². The molecular formula is C19H22BrN3O2. The van der Waals surface area contributed by atoms with Crippen molar-refractivity contribution in [1.82, 2.24) is 14.8 Å². The largest absolute Gasteiger partial charge is 0.481 e. The quantitative estimate of drug-likeness (QED) is 0.818. The molecule has 1 N–H and O–H groups in total. The molecule has 0 aliphatic heterocycles. The lowest BCUT2D eigenvalue weighted by atomic mass is 9.88. The third-order valence-electron chi connectivity index (χ3n) is 4.81. The van der Waals surface area contributed by atoms with E-state index in [4.69, 9.17) is 0 Å². The zero-order valence-corrected chi connectivity index (χ0v) is 16.3. The summed E-state index contributed by atoms with van der Waals surface area (Å²) in [4.78, 5) is 11.5. The van der Waals surface area contributed by atoms with Crippen LogP contribution >= 0.6 is 15.9 Å². The number of nitrogens with zero attached hydrogens (tertiary/aromatic N) is 3. The molecule has 0 atom stereocenters. The summed E-state index contributed by atoms with van der Waals surface area (Å²) in [5.41, 5.74) is 4.30. The van der Waals surface area contributed by atoms with E-state index in [9.17, 15) is 9.90 Å². The maximum atomic E-state index is 11.5. The minimum Gasteiger partial charge on any atom is -0.481 e. The van der Waals surface area contributed by atoms with Crippen LogP contribution in [-0.4, -0.2) is 25.8 Å². The summed E-state index contributed by atoms with van der Waals surface area (Å²) in [5.74, 6) is -0.157. The smallest absolute Gasteiger partial charge is 0.309 e. The highest BCUT2D eigenvalue weighted by molar-refractivity contribution is 9.10. The molecule has 1 aliphatic carbocycles. The topological polar surface area (TPSA) is 68.0 Å². The zero-order chi connectivity index (χ0) is 18.2. The Bertz CT molecular complexity index is 853. The molecule has 1 heterocycles. The number of carboxylic acid groups (broad SMARTS) is 1. The molecule has 1 aromatic heterocycles. The van der Waals surface area contributed by atoms with Gasteiger partial charge in [-0.3, -0.25) is 4.79 Å². The fraction of sp³-hybridized carbons (Fsp3) is 0.421. The van der Waals surface area contributed by atoms with E-state index in [0.717, 1.165) is 12.8 Å². The molecule has 3 rings (SSSR count). The van der Waals surface area contributed by atoms with Gasteiger partial charge in [0.1, 0.15) is 5.82 Å². The van der Waals surface area contributed by atoms with Crippen LogP contribution in [-0.2, 0) is 24.2 Å². The van der Waals surface area contributed by atoms with Gasteiger partial charge in [0.25, 0.3) is 0 Å². The number of rotatable bonds is 5. The second-order valence-corrected chi connectivity index (χ2v) is 7.92. The van der Waals surface area contributed by atoms with E-state index in [1.54, 1.807) is 13.8 Å². The van der Waals surface area contributed by atoms with Crippen LogP contribution in [0.1, 0.15) is 48.3 Å². The van der Waals surface area contributed by atoms with E-state index in [1.807, 2.05) is 4.57 Å². The Kier molecular flexibility index (Phi) is 4.82. The summed E-state index contributed by atoms with van der Waals surface area (Å²) in [5, 5.41) is 17.7. The molecule has 6 heteroatoms. The molecule has 0 amide bonds. The first kappa shape index (κ1) is 17.9. The molecule has 0 radical (unpaired) electrons. The Balaban J connectivity index is 1.96. The number of aromatic nitrogens is 3. The Labute approximate surface area is 155 Å². The van der Waals surface area contributed by atoms with Crippen LogP contribution < -0.4 is 0 Å². The van der Waals surface area contributed by atoms with Crippen molar-refractivity contribution >= 4 is 28.0 Å². The number of halogens is 1. The second kappa shape index (κ2) is 6.75. The number of carbonyl (C=O) groups is 1. The number of aliphatic carboxylic acids is 1. The Morgan fingerprint density at radius 1 is 1.36 bits per heavy atom. The molecule has 132 valence electrons. The van der Waals surface area contributed by atoms with Gasteiger partial charge in [-0.1, -0.05) is 24.3 Å². The van der Waals surface area contributed by atoms with E-state index >= 15 is 0 Å². The second-order valence-electron chi connectivity index (χ2n) is 7.21. The molecule has 1 aromatic carbocycles. The van der Waals surface area contributed by atoms with Crippen LogP contribution in [0.25, 0.3) is 6.08 Å². The Morgan fingerprint density at radius 2 is 2.12 bits per heavy atom. The molecule has 0 fully saturated rings. The summed E-state index contributed by atoms with van der Waals surface area (Å²) >= 11 is 3.46. The maximum absolute atomic E-state index is 11.5. The molecule has 0 spiro atoms. The molecule has 0 saturated heterocycles. The van der Waals surface area contributed by atoms with Crippen molar-refractivity contribution in [2.24, 2.45) is 5.41 Å².